The Morgan fingerprint density at radius 1 is 1.45 bits per heavy atom. The summed E-state index contributed by atoms with van der Waals surface area (Å²) in [5, 5.41) is 0. The molecular weight excluding hydrogens is 296 g/mol. The summed E-state index contributed by atoms with van der Waals surface area (Å²) in [5.41, 5.74) is 6.74. The molecule has 1 heterocycles. The zero-order valence-electron chi connectivity index (χ0n) is 11.1. The number of anilines is 1. The average Bonchev–Trinajstić information content (AvgIpc) is 2.74. The van der Waals surface area contributed by atoms with Gasteiger partial charge in [-0.2, -0.15) is 0 Å². The smallest absolute Gasteiger partial charge is 0.351 e. The largest absolute Gasteiger partial charge is 0.492 e. The average molecular weight is 310 g/mol. The number of hydrogen-bond acceptors (Lipinski definition) is 6. The molecule has 0 spiro atoms. The number of nitrogens with two attached hydrogens (primary N) is 1. The van der Waals surface area contributed by atoms with Gasteiger partial charge in [0.05, 0.1) is 19.4 Å². The van der Waals surface area contributed by atoms with Gasteiger partial charge < -0.3 is 15.2 Å². The van der Waals surface area contributed by atoms with E-state index in [-0.39, 0.29) is 5.82 Å². The zero-order valence-corrected chi connectivity index (χ0v) is 12.7. The monoisotopic (exact) mass is 310 g/mol. The van der Waals surface area contributed by atoms with E-state index >= 15 is 0 Å². The molecule has 20 heavy (non-hydrogen) atoms. The minimum atomic E-state index is -0.494. The van der Waals surface area contributed by atoms with Gasteiger partial charge in [0, 0.05) is 0 Å². The van der Waals surface area contributed by atoms with Crippen LogP contribution in [0, 0.1) is 3.95 Å². The van der Waals surface area contributed by atoms with Crippen LogP contribution in [0.4, 0.5) is 5.82 Å². The quantitative estimate of drug-likeness (QED) is 0.694. The first-order valence-corrected chi connectivity index (χ1v) is 7.14. The Hall–Kier alpha value is -1.86. The lowest BCUT2D eigenvalue weighted by Crippen LogP contribution is -2.08. The van der Waals surface area contributed by atoms with Crippen LogP contribution in [0.15, 0.2) is 24.3 Å². The summed E-state index contributed by atoms with van der Waals surface area (Å²) >= 11 is 6.41. The summed E-state index contributed by atoms with van der Waals surface area (Å²) in [6.45, 7) is 2.42. The molecule has 5 nitrogen and oxygen atoms in total. The van der Waals surface area contributed by atoms with Gasteiger partial charge in [-0.15, -0.1) is 0 Å². The highest BCUT2D eigenvalue weighted by Gasteiger charge is 2.20. The molecule has 1 aromatic heterocycles. The number of thiazole rings is 1. The molecule has 0 radical (unpaired) electrons. The SMILES string of the molecule is CCOc1ccccc1-n1c(N)c(C(=O)OC)sc1=S. The topological polar surface area (TPSA) is 66.5 Å². The number of rotatable bonds is 4. The fraction of sp³-hybridized carbons (Fsp3) is 0.231. The van der Waals surface area contributed by atoms with Crippen LogP contribution in [0.5, 0.6) is 5.75 Å². The number of esters is 1. The molecule has 1 aromatic carbocycles. The molecule has 106 valence electrons. The van der Waals surface area contributed by atoms with Gasteiger partial charge in [0.15, 0.2) is 8.83 Å². The molecule has 0 fully saturated rings. The third-order valence-electron chi connectivity index (χ3n) is 2.62. The second-order valence-corrected chi connectivity index (χ2v) is 5.45. The molecule has 2 aromatic rings. The number of nitrogens with zero attached hydrogens (tertiary/aromatic N) is 1. The molecule has 0 bridgehead atoms. The highest BCUT2D eigenvalue weighted by molar-refractivity contribution is 7.73. The van der Waals surface area contributed by atoms with Gasteiger partial charge in [0.2, 0.25) is 0 Å². The number of ether oxygens (including phenoxy) is 2. The standard InChI is InChI=1S/C13H14N2O3S2/c1-3-18-9-7-5-4-6-8(9)15-11(14)10(12(16)17-2)20-13(15)19/h4-7H,3,14H2,1-2H3. The molecule has 0 aliphatic rings. The lowest BCUT2D eigenvalue weighted by Gasteiger charge is -2.12. The predicted octanol–water partition coefficient (Wildman–Crippen LogP) is 3.04. The first-order valence-electron chi connectivity index (χ1n) is 5.92. The Kier molecular flexibility index (Phi) is 4.41. The van der Waals surface area contributed by atoms with Crippen LogP contribution >= 0.6 is 23.6 Å². The van der Waals surface area contributed by atoms with Crippen molar-refractivity contribution in [3.63, 3.8) is 0 Å². The van der Waals surface area contributed by atoms with E-state index in [4.69, 9.17) is 27.4 Å². The van der Waals surface area contributed by atoms with Gasteiger partial charge in [-0.05, 0) is 31.3 Å². The van der Waals surface area contributed by atoms with Gasteiger partial charge >= 0.3 is 5.97 Å². The number of carbonyl (C=O) groups is 1. The van der Waals surface area contributed by atoms with Crippen molar-refractivity contribution in [3.8, 4) is 11.4 Å². The minimum absolute atomic E-state index is 0.263. The first kappa shape index (κ1) is 14.5. The van der Waals surface area contributed by atoms with Crippen LogP contribution in [-0.2, 0) is 4.74 Å². The molecule has 7 heteroatoms. The molecule has 2 rings (SSSR count). The maximum absolute atomic E-state index is 11.7. The summed E-state index contributed by atoms with van der Waals surface area (Å²) in [4.78, 5) is 12.0. The molecular formula is C13H14N2O3S2. The molecule has 0 aliphatic heterocycles. The van der Waals surface area contributed by atoms with Crippen molar-refractivity contribution in [3.05, 3.63) is 33.1 Å². The number of nitrogen functional groups attached to an aromatic ring is 1. The van der Waals surface area contributed by atoms with E-state index in [1.54, 1.807) is 4.57 Å². The first-order chi connectivity index (χ1) is 9.60. The van der Waals surface area contributed by atoms with E-state index in [2.05, 4.69) is 0 Å². The van der Waals surface area contributed by atoms with Crippen molar-refractivity contribution in [1.29, 1.82) is 0 Å². The van der Waals surface area contributed by atoms with E-state index in [0.717, 1.165) is 11.3 Å². The molecule has 0 atom stereocenters. The van der Waals surface area contributed by atoms with Gasteiger partial charge in [-0.3, -0.25) is 4.57 Å². The highest BCUT2D eigenvalue weighted by Crippen LogP contribution is 2.31. The summed E-state index contributed by atoms with van der Waals surface area (Å²) < 4.78 is 12.4. The fourth-order valence-corrected chi connectivity index (χ4v) is 3.04. The van der Waals surface area contributed by atoms with Crippen molar-refractivity contribution in [2.45, 2.75) is 6.92 Å². The summed E-state index contributed by atoms with van der Waals surface area (Å²) in [5.74, 6) is 0.428. The van der Waals surface area contributed by atoms with Gasteiger partial charge in [0.25, 0.3) is 0 Å². The van der Waals surface area contributed by atoms with Gasteiger partial charge in [0.1, 0.15) is 11.6 Å². The Morgan fingerprint density at radius 2 is 2.15 bits per heavy atom. The maximum atomic E-state index is 11.7. The highest BCUT2D eigenvalue weighted by atomic mass is 32.1. The molecule has 0 unspecified atom stereocenters. The molecule has 2 N–H and O–H groups in total. The second kappa shape index (κ2) is 6.06. The van der Waals surface area contributed by atoms with Crippen molar-refractivity contribution in [2.75, 3.05) is 19.5 Å². The number of para-hydroxylation sites is 2. The Balaban J connectivity index is 2.62. The molecule has 0 saturated heterocycles. The van der Waals surface area contributed by atoms with Crippen molar-refractivity contribution >= 4 is 35.3 Å². The number of aromatic nitrogens is 1. The van der Waals surface area contributed by atoms with Gasteiger partial charge in [-0.25, -0.2) is 4.79 Å². The predicted molar refractivity (Wildman–Crippen MR) is 81.4 cm³/mol. The van der Waals surface area contributed by atoms with E-state index in [1.165, 1.54) is 7.11 Å². The number of carbonyl (C=O) groups excluding carboxylic acids is 1. The van der Waals surface area contributed by atoms with Crippen LogP contribution < -0.4 is 10.5 Å². The van der Waals surface area contributed by atoms with Crippen molar-refractivity contribution < 1.29 is 14.3 Å². The maximum Gasteiger partial charge on any atom is 0.351 e. The normalized spacial score (nSPS) is 10.3. The molecule has 0 amide bonds. The third-order valence-corrected chi connectivity index (χ3v) is 3.99. The lowest BCUT2D eigenvalue weighted by molar-refractivity contribution is 0.0607. The Bertz CT molecular complexity index is 691. The summed E-state index contributed by atoms with van der Waals surface area (Å²) in [6, 6.07) is 7.39. The lowest BCUT2D eigenvalue weighted by atomic mass is 10.3. The third kappa shape index (κ3) is 2.54. The minimum Gasteiger partial charge on any atom is -0.492 e. The van der Waals surface area contributed by atoms with Crippen LogP contribution in [0.1, 0.15) is 16.6 Å². The van der Waals surface area contributed by atoms with E-state index in [0.29, 0.717) is 26.9 Å². The summed E-state index contributed by atoms with van der Waals surface area (Å²) in [7, 11) is 1.31. The van der Waals surface area contributed by atoms with Crippen LogP contribution in [0.3, 0.4) is 0 Å². The molecule has 0 saturated carbocycles. The molecule has 0 aliphatic carbocycles. The van der Waals surface area contributed by atoms with Crippen LogP contribution in [0.25, 0.3) is 5.69 Å². The zero-order chi connectivity index (χ0) is 14.7. The van der Waals surface area contributed by atoms with E-state index in [9.17, 15) is 4.79 Å². The van der Waals surface area contributed by atoms with E-state index < -0.39 is 5.97 Å². The fourth-order valence-electron chi connectivity index (χ4n) is 1.77. The Morgan fingerprint density at radius 3 is 2.80 bits per heavy atom. The number of benzene rings is 1. The van der Waals surface area contributed by atoms with Crippen LogP contribution in [0.2, 0.25) is 0 Å². The van der Waals surface area contributed by atoms with Crippen molar-refractivity contribution in [2.24, 2.45) is 0 Å². The number of methoxy groups -OCH3 is 1. The van der Waals surface area contributed by atoms with E-state index in [1.807, 2.05) is 31.2 Å². The summed E-state index contributed by atoms with van der Waals surface area (Å²) in [6.07, 6.45) is 0. The van der Waals surface area contributed by atoms with Crippen molar-refractivity contribution in [1.82, 2.24) is 4.57 Å². The second-order valence-electron chi connectivity index (χ2n) is 3.81. The Labute approximate surface area is 125 Å². The van der Waals surface area contributed by atoms with Crippen LogP contribution in [-0.4, -0.2) is 24.3 Å². The van der Waals surface area contributed by atoms with Gasteiger partial charge in [-0.1, -0.05) is 23.5 Å². The number of hydrogen-bond donors (Lipinski definition) is 1.